The van der Waals surface area contributed by atoms with Crippen molar-refractivity contribution in [3.63, 3.8) is 0 Å². The minimum atomic E-state index is -0.711. The summed E-state index contributed by atoms with van der Waals surface area (Å²) in [6, 6.07) is 43.7. The molecule has 4 nitrogen and oxygen atoms in total. The molecule has 0 unspecified atom stereocenters. The van der Waals surface area contributed by atoms with Crippen molar-refractivity contribution < 1.29 is 20.1 Å². The average molecular weight is 555 g/mol. The van der Waals surface area contributed by atoms with E-state index in [4.69, 9.17) is 15.3 Å². The van der Waals surface area contributed by atoms with E-state index in [1.807, 2.05) is 6.92 Å². The highest BCUT2D eigenvalue weighted by atomic mass is 16.4. The summed E-state index contributed by atoms with van der Waals surface area (Å²) in [5, 5.41) is 39.4. The molecule has 0 aromatic heterocycles. The number of carboxylic acid groups (broad SMARTS) is 1. The Bertz CT molecular complexity index is 1660. The second-order valence-electron chi connectivity index (χ2n) is 10.2. The highest BCUT2D eigenvalue weighted by molar-refractivity contribution is 6.23. The molecule has 0 aliphatic carbocycles. The van der Waals surface area contributed by atoms with Gasteiger partial charge in [0.2, 0.25) is 0 Å². The van der Waals surface area contributed by atoms with Gasteiger partial charge in [-0.05, 0) is 71.1 Å². The fourth-order valence-electron chi connectivity index (χ4n) is 5.55. The van der Waals surface area contributed by atoms with Gasteiger partial charge in [0.05, 0.1) is 13.2 Å². The van der Waals surface area contributed by atoms with Gasteiger partial charge in [0.15, 0.2) is 0 Å². The summed E-state index contributed by atoms with van der Waals surface area (Å²) < 4.78 is 0. The normalized spacial score (nSPS) is 10.8. The van der Waals surface area contributed by atoms with E-state index >= 15 is 0 Å². The summed E-state index contributed by atoms with van der Waals surface area (Å²) in [7, 11) is 0. The van der Waals surface area contributed by atoms with Crippen molar-refractivity contribution in [2.45, 2.75) is 19.8 Å². The lowest BCUT2D eigenvalue weighted by atomic mass is 9.95. The van der Waals surface area contributed by atoms with Crippen LogP contribution in [0, 0.1) is 0 Å². The molecule has 0 fully saturated rings. The molecule has 0 spiro atoms. The van der Waals surface area contributed by atoms with Crippen LogP contribution in [0.1, 0.15) is 19.8 Å². The van der Waals surface area contributed by atoms with Crippen LogP contribution in [-0.2, 0) is 4.79 Å². The van der Waals surface area contributed by atoms with Gasteiger partial charge in [0, 0.05) is 6.42 Å². The monoisotopic (exact) mass is 554 g/mol. The van der Waals surface area contributed by atoms with E-state index < -0.39 is 5.97 Å². The van der Waals surface area contributed by atoms with E-state index in [2.05, 4.69) is 121 Å². The largest absolute Gasteiger partial charge is 0.481 e. The molecule has 8 rings (SSSR count). The molecule has 4 heteroatoms. The first kappa shape index (κ1) is 28.7. The minimum absolute atomic E-state index is 0.125. The van der Waals surface area contributed by atoms with Crippen molar-refractivity contribution >= 4 is 70.6 Å². The van der Waals surface area contributed by atoms with Gasteiger partial charge in [0.1, 0.15) is 0 Å². The molecule has 0 saturated carbocycles. The molecule has 0 aliphatic heterocycles. The zero-order chi connectivity index (χ0) is 29.5. The first-order valence-corrected chi connectivity index (χ1v) is 14.2. The van der Waals surface area contributed by atoms with Crippen LogP contribution in [0.3, 0.4) is 0 Å². The Morgan fingerprint density at radius 3 is 0.786 bits per heavy atom. The first-order valence-electron chi connectivity index (χ1n) is 14.2. The first-order chi connectivity index (χ1) is 20.5. The molecule has 0 bridgehead atoms. The Kier molecular flexibility index (Phi) is 9.08. The Morgan fingerprint density at radius 1 is 0.452 bits per heavy atom. The zero-order valence-corrected chi connectivity index (χ0v) is 23.6. The summed E-state index contributed by atoms with van der Waals surface area (Å²) in [5.41, 5.74) is 0. The van der Waals surface area contributed by atoms with Gasteiger partial charge in [0.25, 0.3) is 0 Å². The Labute approximate surface area is 244 Å². The third-order valence-electron chi connectivity index (χ3n) is 7.35. The van der Waals surface area contributed by atoms with Crippen molar-refractivity contribution in [1.29, 1.82) is 0 Å². The third kappa shape index (κ3) is 5.96. The summed E-state index contributed by atoms with van der Waals surface area (Å²) in [5.74, 6) is -0.711. The molecule has 0 saturated heterocycles. The SMILES string of the molecule is CCCC(=O)O.OCCO.c1cc2ccc3cccc4ccc(c1)c2c34.c1cc2ccc3cccc4ccc(c1)c2c34. The molecule has 0 atom stereocenters. The van der Waals surface area contributed by atoms with Crippen LogP contribution in [-0.4, -0.2) is 34.5 Å². The number of rotatable bonds is 3. The summed E-state index contributed by atoms with van der Waals surface area (Å²) in [6.45, 7) is 1.59. The van der Waals surface area contributed by atoms with Gasteiger partial charge in [-0.1, -0.05) is 128 Å². The molecule has 0 aliphatic rings. The van der Waals surface area contributed by atoms with Gasteiger partial charge in [-0.3, -0.25) is 4.79 Å². The summed E-state index contributed by atoms with van der Waals surface area (Å²) in [4.78, 5) is 9.60. The maximum absolute atomic E-state index is 9.60. The predicted octanol–water partition coefficient (Wildman–Crippen LogP) is 9.01. The molecule has 210 valence electrons. The van der Waals surface area contributed by atoms with E-state index in [9.17, 15) is 4.79 Å². The highest BCUT2D eigenvalue weighted by Gasteiger charge is 2.07. The van der Waals surface area contributed by atoms with Crippen LogP contribution in [0.15, 0.2) is 121 Å². The van der Waals surface area contributed by atoms with Gasteiger partial charge in [-0.2, -0.15) is 0 Å². The van der Waals surface area contributed by atoms with Crippen LogP contribution in [0.4, 0.5) is 0 Å². The number of hydrogen-bond donors (Lipinski definition) is 3. The molecule has 42 heavy (non-hydrogen) atoms. The predicted molar refractivity (Wildman–Crippen MR) is 177 cm³/mol. The summed E-state index contributed by atoms with van der Waals surface area (Å²) >= 11 is 0. The molecular formula is C38H34O4. The average Bonchev–Trinajstić information content (AvgIpc) is 3.03. The number of carboxylic acids is 1. The van der Waals surface area contributed by atoms with Gasteiger partial charge < -0.3 is 15.3 Å². The van der Waals surface area contributed by atoms with Crippen molar-refractivity contribution in [3.8, 4) is 0 Å². The standard InChI is InChI=1S/2C16H10.C4H8O2.C2H6O2/c2*1-3-11-7-9-13-5-2-6-14-10-8-12(4-1)15(11)16(13)14;1-2-3-4(5)6;3-1-2-4/h2*1-10H;2-3H2,1H3,(H,5,6);3-4H,1-2H2. The second kappa shape index (κ2) is 13.3. The van der Waals surface area contributed by atoms with E-state index in [0.29, 0.717) is 6.42 Å². The molecule has 8 aromatic rings. The Hall–Kier alpha value is -4.77. The number of hydrogen-bond acceptors (Lipinski definition) is 3. The molecule has 0 radical (unpaired) electrons. The van der Waals surface area contributed by atoms with Crippen LogP contribution in [0.2, 0.25) is 0 Å². The van der Waals surface area contributed by atoms with Gasteiger partial charge in [-0.25, -0.2) is 0 Å². The lowest BCUT2D eigenvalue weighted by Crippen LogP contribution is -1.90. The van der Waals surface area contributed by atoms with E-state index in [1.54, 1.807) is 0 Å². The van der Waals surface area contributed by atoms with E-state index in [1.165, 1.54) is 64.6 Å². The summed E-state index contributed by atoms with van der Waals surface area (Å²) in [6.07, 6.45) is 1.02. The number of carbonyl (C=O) groups is 1. The van der Waals surface area contributed by atoms with Gasteiger partial charge in [-0.15, -0.1) is 0 Å². The smallest absolute Gasteiger partial charge is 0.303 e. The van der Waals surface area contributed by atoms with Crippen molar-refractivity contribution in [1.82, 2.24) is 0 Å². The maximum atomic E-state index is 9.60. The molecular weight excluding hydrogens is 520 g/mol. The van der Waals surface area contributed by atoms with Gasteiger partial charge >= 0.3 is 5.97 Å². The number of aliphatic hydroxyl groups excluding tert-OH is 2. The van der Waals surface area contributed by atoms with Crippen molar-refractivity contribution in [2.24, 2.45) is 0 Å². The van der Waals surface area contributed by atoms with Crippen LogP contribution in [0.25, 0.3) is 64.6 Å². The number of aliphatic carboxylic acids is 1. The second-order valence-corrected chi connectivity index (χ2v) is 10.2. The molecule has 0 amide bonds. The molecule has 3 N–H and O–H groups in total. The van der Waals surface area contributed by atoms with E-state index in [-0.39, 0.29) is 13.2 Å². The number of benzene rings is 8. The van der Waals surface area contributed by atoms with Crippen LogP contribution in [0.5, 0.6) is 0 Å². The molecule has 8 aromatic carbocycles. The fourth-order valence-corrected chi connectivity index (χ4v) is 5.55. The minimum Gasteiger partial charge on any atom is -0.481 e. The lowest BCUT2D eigenvalue weighted by Gasteiger charge is -2.09. The Balaban J connectivity index is 0.000000129. The maximum Gasteiger partial charge on any atom is 0.303 e. The zero-order valence-electron chi connectivity index (χ0n) is 23.6. The number of aliphatic hydroxyl groups is 2. The fraction of sp³-hybridized carbons (Fsp3) is 0.132. The van der Waals surface area contributed by atoms with E-state index in [0.717, 1.165) is 6.42 Å². The quantitative estimate of drug-likeness (QED) is 0.190. The Morgan fingerprint density at radius 2 is 0.667 bits per heavy atom. The van der Waals surface area contributed by atoms with Crippen molar-refractivity contribution in [2.75, 3.05) is 13.2 Å². The lowest BCUT2D eigenvalue weighted by molar-refractivity contribution is -0.137. The van der Waals surface area contributed by atoms with Crippen LogP contribution >= 0.6 is 0 Å². The van der Waals surface area contributed by atoms with Crippen molar-refractivity contribution in [3.05, 3.63) is 121 Å². The molecule has 0 heterocycles. The van der Waals surface area contributed by atoms with Crippen LogP contribution < -0.4 is 0 Å². The highest BCUT2D eigenvalue weighted by Crippen LogP contribution is 2.35. The third-order valence-corrected chi connectivity index (χ3v) is 7.35. The topological polar surface area (TPSA) is 77.8 Å².